The van der Waals surface area contributed by atoms with E-state index < -0.39 is 0 Å². The smallest absolute Gasteiger partial charge is 0.231 e. The first-order valence-corrected chi connectivity index (χ1v) is 6.74. The molecule has 8 heteroatoms. The largest absolute Gasteiger partial charge is 0.354 e. The second-order valence-electron chi connectivity index (χ2n) is 3.59. The van der Waals surface area contributed by atoms with Crippen LogP contribution in [0, 0.1) is 0 Å². The Bertz CT molecular complexity index is 503. The van der Waals surface area contributed by atoms with Crippen molar-refractivity contribution in [3.8, 4) is 0 Å². The zero-order valence-electron chi connectivity index (χ0n) is 10.1. The van der Waals surface area contributed by atoms with E-state index in [-0.39, 0.29) is 5.28 Å². The Kier molecular flexibility index (Phi) is 4.27. The molecule has 0 spiro atoms. The molecule has 96 valence electrons. The molecule has 18 heavy (non-hydrogen) atoms. The molecule has 0 aliphatic heterocycles. The van der Waals surface area contributed by atoms with Crippen LogP contribution in [0.25, 0.3) is 0 Å². The average molecular weight is 285 g/mol. The summed E-state index contributed by atoms with van der Waals surface area (Å²) in [6.07, 6.45) is 0. The summed E-state index contributed by atoms with van der Waals surface area (Å²) in [5.41, 5.74) is 2.78. The highest BCUT2D eigenvalue weighted by atomic mass is 35.5. The van der Waals surface area contributed by atoms with Crippen LogP contribution >= 0.6 is 22.9 Å². The lowest BCUT2D eigenvalue weighted by atomic mass is 10.4. The number of nitrogens with one attached hydrogen (secondary N) is 1. The van der Waals surface area contributed by atoms with Crippen molar-refractivity contribution < 1.29 is 0 Å². The Labute approximate surface area is 114 Å². The van der Waals surface area contributed by atoms with Crippen LogP contribution in [0.5, 0.6) is 0 Å². The fourth-order valence-electron chi connectivity index (χ4n) is 1.38. The van der Waals surface area contributed by atoms with E-state index in [1.165, 1.54) is 0 Å². The number of thiazole rings is 1. The van der Waals surface area contributed by atoms with E-state index in [4.69, 9.17) is 11.6 Å². The van der Waals surface area contributed by atoms with E-state index in [1.807, 2.05) is 24.3 Å². The summed E-state index contributed by atoms with van der Waals surface area (Å²) in [5.74, 6) is 1.01. The van der Waals surface area contributed by atoms with E-state index in [0.29, 0.717) is 18.4 Å². The number of anilines is 2. The maximum atomic E-state index is 5.87. The van der Waals surface area contributed by atoms with Gasteiger partial charge in [0.15, 0.2) is 0 Å². The van der Waals surface area contributed by atoms with Crippen LogP contribution in [0.1, 0.15) is 12.6 Å². The fraction of sp³-hybridized carbons (Fsp3) is 0.400. The van der Waals surface area contributed by atoms with Gasteiger partial charge in [-0.2, -0.15) is 15.0 Å². The summed E-state index contributed by atoms with van der Waals surface area (Å²) in [7, 11) is 1.89. The molecule has 0 atom stereocenters. The predicted octanol–water partition coefficient (Wildman–Crippen LogP) is 2.05. The molecule has 0 aliphatic carbocycles. The van der Waals surface area contributed by atoms with Crippen LogP contribution < -0.4 is 10.2 Å². The van der Waals surface area contributed by atoms with Gasteiger partial charge in [0.1, 0.15) is 0 Å². The summed E-state index contributed by atoms with van der Waals surface area (Å²) < 4.78 is 0. The van der Waals surface area contributed by atoms with E-state index in [0.717, 1.165) is 12.2 Å². The van der Waals surface area contributed by atoms with Gasteiger partial charge in [0, 0.05) is 19.0 Å². The fourth-order valence-corrected chi connectivity index (χ4v) is 2.08. The second kappa shape index (κ2) is 5.92. The van der Waals surface area contributed by atoms with Gasteiger partial charge < -0.3 is 10.2 Å². The lowest BCUT2D eigenvalue weighted by Crippen LogP contribution is -2.20. The number of aromatic nitrogens is 4. The van der Waals surface area contributed by atoms with Crippen LogP contribution in [-0.2, 0) is 6.54 Å². The average Bonchev–Trinajstić information content (AvgIpc) is 2.81. The van der Waals surface area contributed by atoms with Crippen molar-refractivity contribution >= 4 is 34.8 Å². The second-order valence-corrected chi connectivity index (χ2v) is 4.65. The molecule has 0 radical (unpaired) electrons. The topological polar surface area (TPSA) is 66.8 Å². The number of halogens is 1. The standard InChI is InChI=1S/C10H13ClN6S/c1-3-12-9-14-8(11)15-10(16-9)17(2)4-7-5-18-6-13-7/h5-6H,3-4H2,1-2H3,(H,12,14,15,16). The first-order chi connectivity index (χ1) is 8.69. The lowest BCUT2D eigenvalue weighted by molar-refractivity contribution is 0.836. The Morgan fingerprint density at radius 3 is 2.89 bits per heavy atom. The van der Waals surface area contributed by atoms with Gasteiger partial charge in [-0.15, -0.1) is 11.3 Å². The molecule has 1 N–H and O–H groups in total. The first kappa shape index (κ1) is 13.0. The Balaban J connectivity index is 2.16. The van der Waals surface area contributed by atoms with Gasteiger partial charge in [-0.1, -0.05) is 0 Å². The molecule has 2 aromatic heterocycles. The molecular formula is C10H13ClN6S. The SMILES string of the molecule is CCNc1nc(Cl)nc(N(C)Cc2cscn2)n1. The van der Waals surface area contributed by atoms with Gasteiger partial charge in [-0.05, 0) is 18.5 Å². The van der Waals surface area contributed by atoms with E-state index in [1.54, 1.807) is 16.8 Å². The van der Waals surface area contributed by atoms with Gasteiger partial charge >= 0.3 is 0 Å². The van der Waals surface area contributed by atoms with Gasteiger partial charge in [-0.3, -0.25) is 0 Å². The quantitative estimate of drug-likeness (QED) is 0.906. The number of nitrogens with zero attached hydrogens (tertiary/aromatic N) is 5. The molecule has 0 saturated heterocycles. The maximum Gasteiger partial charge on any atom is 0.231 e. The first-order valence-electron chi connectivity index (χ1n) is 5.42. The summed E-state index contributed by atoms with van der Waals surface area (Å²) >= 11 is 7.43. The zero-order valence-corrected chi connectivity index (χ0v) is 11.7. The van der Waals surface area contributed by atoms with Crippen LogP contribution in [0.4, 0.5) is 11.9 Å². The van der Waals surface area contributed by atoms with Gasteiger partial charge in [0.25, 0.3) is 0 Å². The van der Waals surface area contributed by atoms with Gasteiger partial charge in [0.05, 0.1) is 17.7 Å². The minimum absolute atomic E-state index is 0.182. The molecule has 0 unspecified atom stereocenters. The lowest BCUT2D eigenvalue weighted by Gasteiger charge is -2.16. The van der Waals surface area contributed by atoms with Crippen molar-refractivity contribution in [2.45, 2.75) is 13.5 Å². The van der Waals surface area contributed by atoms with Crippen LogP contribution in [-0.4, -0.2) is 33.5 Å². The molecule has 0 bridgehead atoms. The van der Waals surface area contributed by atoms with Crippen LogP contribution in [0.2, 0.25) is 5.28 Å². The maximum absolute atomic E-state index is 5.87. The summed E-state index contributed by atoms with van der Waals surface area (Å²) in [6.45, 7) is 3.33. The molecule has 2 rings (SSSR count). The monoisotopic (exact) mass is 284 g/mol. The van der Waals surface area contributed by atoms with Crippen LogP contribution in [0.15, 0.2) is 10.9 Å². The molecule has 0 aromatic carbocycles. The number of hydrogen-bond donors (Lipinski definition) is 1. The predicted molar refractivity (Wildman–Crippen MR) is 73.2 cm³/mol. The third-order valence-electron chi connectivity index (χ3n) is 2.16. The van der Waals surface area contributed by atoms with E-state index in [2.05, 4.69) is 25.3 Å². The van der Waals surface area contributed by atoms with Gasteiger partial charge in [0.2, 0.25) is 17.2 Å². The highest BCUT2D eigenvalue weighted by Crippen LogP contribution is 2.14. The van der Waals surface area contributed by atoms with Gasteiger partial charge in [-0.25, -0.2) is 4.98 Å². The Morgan fingerprint density at radius 1 is 1.39 bits per heavy atom. The van der Waals surface area contributed by atoms with Crippen molar-refractivity contribution in [3.05, 3.63) is 21.9 Å². The summed E-state index contributed by atoms with van der Waals surface area (Å²) in [5, 5.41) is 5.19. The molecule has 0 saturated carbocycles. The Hall–Kier alpha value is -1.47. The molecular weight excluding hydrogens is 272 g/mol. The molecule has 0 amide bonds. The zero-order chi connectivity index (χ0) is 13.0. The normalized spacial score (nSPS) is 10.4. The molecule has 0 aliphatic rings. The highest BCUT2D eigenvalue weighted by Gasteiger charge is 2.10. The number of hydrogen-bond acceptors (Lipinski definition) is 7. The van der Waals surface area contributed by atoms with E-state index >= 15 is 0 Å². The molecule has 2 heterocycles. The van der Waals surface area contributed by atoms with Crippen molar-refractivity contribution in [1.29, 1.82) is 0 Å². The minimum atomic E-state index is 0.182. The summed E-state index contributed by atoms with van der Waals surface area (Å²) in [4.78, 5) is 18.5. The van der Waals surface area contributed by atoms with Crippen molar-refractivity contribution in [2.75, 3.05) is 23.8 Å². The van der Waals surface area contributed by atoms with Crippen molar-refractivity contribution in [3.63, 3.8) is 0 Å². The van der Waals surface area contributed by atoms with Crippen molar-refractivity contribution in [1.82, 2.24) is 19.9 Å². The third-order valence-corrected chi connectivity index (χ3v) is 2.96. The Morgan fingerprint density at radius 2 is 2.22 bits per heavy atom. The van der Waals surface area contributed by atoms with E-state index in [9.17, 15) is 0 Å². The third kappa shape index (κ3) is 3.27. The highest BCUT2D eigenvalue weighted by molar-refractivity contribution is 7.07. The number of rotatable bonds is 5. The van der Waals surface area contributed by atoms with Crippen molar-refractivity contribution in [2.24, 2.45) is 0 Å². The molecule has 6 nitrogen and oxygen atoms in total. The summed E-state index contributed by atoms with van der Waals surface area (Å²) in [6, 6.07) is 0. The van der Waals surface area contributed by atoms with Crippen LogP contribution in [0.3, 0.4) is 0 Å². The molecule has 0 fully saturated rings. The minimum Gasteiger partial charge on any atom is -0.354 e. The molecule has 2 aromatic rings.